The Kier molecular flexibility index (Phi) is 11.5. The van der Waals surface area contributed by atoms with E-state index in [4.69, 9.17) is 0 Å². The van der Waals surface area contributed by atoms with Crippen LogP contribution in [-0.2, 0) is 9.53 Å². The molecule has 1 fully saturated rings. The van der Waals surface area contributed by atoms with Gasteiger partial charge in [0.15, 0.2) is 0 Å². The Labute approximate surface area is 157 Å². The second kappa shape index (κ2) is 13.0. The first-order valence-corrected chi connectivity index (χ1v) is 9.92. The van der Waals surface area contributed by atoms with Crippen molar-refractivity contribution in [2.75, 3.05) is 7.11 Å². The molecule has 1 aliphatic rings. The molecule has 0 amide bonds. The van der Waals surface area contributed by atoms with Crippen LogP contribution in [0.25, 0.3) is 0 Å². The third-order valence-corrected chi connectivity index (χ3v) is 5.14. The molecule has 1 saturated carbocycles. The summed E-state index contributed by atoms with van der Waals surface area (Å²) in [4.78, 5) is 11.0. The van der Waals surface area contributed by atoms with Gasteiger partial charge in [-0.25, -0.2) is 9.18 Å². The highest BCUT2D eigenvalue weighted by atomic mass is 19.1. The molecule has 0 aromatic rings. The molecule has 1 rings (SSSR count). The number of rotatable bonds is 12. The van der Waals surface area contributed by atoms with Crippen LogP contribution in [0.15, 0.2) is 24.3 Å². The van der Waals surface area contributed by atoms with Crippen molar-refractivity contribution in [2.24, 2.45) is 11.8 Å². The molecule has 0 unspecified atom stereocenters. The van der Waals surface area contributed by atoms with Crippen molar-refractivity contribution < 1.29 is 24.1 Å². The van der Waals surface area contributed by atoms with Crippen LogP contribution in [0.2, 0.25) is 0 Å². The van der Waals surface area contributed by atoms with Gasteiger partial charge in [0.05, 0.1) is 19.3 Å². The summed E-state index contributed by atoms with van der Waals surface area (Å²) in [5.74, 6) is -0.791. The van der Waals surface area contributed by atoms with Crippen molar-refractivity contribution in [1.29, 1.82) is 0 Å². The van der Waals surface area contributed by atoms with Gasteiger partial charge in [-0.3, -0.25) is 0 Å². The Morgan fingerprint density at radius 3 is 2.77 bits per heavy atom. The fourth-order valence-corrected chi connectivity index (χ4v) is 3.58. The summed E-state index contributed by atoms with van der Waals surface area (Å²) in [6.07, 6.45) is 11.8. The van der Waals surface area contributed by atoms with Crippen LogP contribution in [0.4, 0.5) is 4.39 Å². The summed E-state index contributed by atoms with van der Waals surface area (Å²) in [5, 5.41) is 20.2. The number of carbonyl (C=O) groups is 1. The van der Waals surface area contributed by atoms with Gasteiger partial charge in [0.25, 0.3) is 0 Å². The van der Waals surface area contributed by atoms with E-state index in [9.17, 15) is 19.4 Å². The molecule has 5 atom stereocenters. The largest absolute Gasteiger partial charge is 0.466 e. The van der Waals surface area contributed by atoms with E-state index >= 15 is 0 Å². The van der Waals surface area contributed by atoms with Crippen molar-refractivity contribution in [2.45, 2.75) is 83.1 Å². The number of aliphatic hydroxyl groups is 2. The zero-order valence-corrected chi connectivity index (χ0v) is 16.1. The van der Waals surface area contributed by atoms with E-state index in [1.807, 2.05) is 6.08 Å². The number of aliphatic hydroxyl groups excluding tert-OH is 2. The lowest BCUT2D eigenvalue weighted by atomic mass is 9.88. The summed E-state index contributed by atoms with van der Waals surface area (Å²) in [6, 6.07) is 0. The Morgan fingerprint density at radius 1 is 1.31 bits per heavy atom. The Hall–Kier alpha value is -1.20. The first-order valence-electron chi connectivity index (χ1n) is 9.92. The molecular formula is C21H35FO4. The number of esters is 1. The predicted molar refractivity (Wildman–Crippen MR) is 101 cm³/mol. The summed E-state index contributed by atoms with van der Waals surface area (Å²) in [7, 11) is 1.34. The van der Waals surface area contributed by atoms with Crippen molar-refractivity contribution in [3.05, 3.63) is 24.3 Å². The molecule has 0 bridgehead atoms. The minimum atomic E-state index is -0.998. The summed E-state index contributed by atoms with van der Waals surface area (Å²) in [5.41, 5.74) is 0. The molecule has 0 saturated heterocycles. The number of hydrogen-bond acceptors (Lipinski definition) is 4. The SMILES string of the molecule is CCCCC[C@H](O)C=C[C@@H]1[C@@H](CCCCC=CC(=O)OC)[C@H](F)C[C@H]1O. The fraction of sp³-hybridized carbons (Fsp3) is 0.762. The number of halogens is 1. The quantitative estimate of drug-likeness (QED) is 0.235. The van der Waals surface area contributed by atoms with Crippen LogP contribution in [0, 0.1) is 11.8 Å². The lowest BCUT2D eigenvalue weighted by Crippen LogP contribution is -2.19. The van der Waals surface area contributed by atoms with Crippen LogP contribution in [0.3, 0.4) is 0 Å². The van der Waals surface area contributed by atoms with E-state index in [0.29, 0.717) is 12.8 Å². The van der Waals surface area contributed by atoms with Gasteiger partial charge >= 0.3 is 5.97 Å². The Bertz CT molecular complexity index is 449. The van der Waals surface area contributed by atoms with Gasteiger partial charge < -0.3 is 14.9 Å². The van der Waals surface area contributed by atoms with Crippen LogP contribution in [0.5, 0.6) is 0 Å². The molecule has 0 spiro atoms. The molecule has 1 aliphatic carbocycles. The highest BCUT2D eigenvalue weighted by Gasteiger charge is 2.40. The van der Waals surface area contributed by atoms with Gasteiger partial charge in [-0.15, -0.1) is 0 Å². The van der Waals surface area contributed by atoms with E-state index in [2.05, 4.69) is 11.7 Å². The second-order valence-electron chi connectivity index (χ2n) is 7.22. The number of unbranched alkanes of at least 4 members (excludes halogenated alkanes) is 4. The predicted octanol–water partition coefficient (Wildman–Crippen LogP) is 4.11. The van der Waals surface area contributed by atoms with Crippen LogP contribution < -0.4 is 0 Å². The van der Waals surface area contributed by atoms with Gasteiger partial charge in [0, 0.05) is 18.4 Å². The molecule has 5 heteroatoms. The van der Waals surface area contributed by atoms with E-state index in [0.717, 1.165) is 38.5 Å². The molecule has 0 heterocycles. The van der Waals surface area contributed by atoms with Crippen molar-refractivity contribution >= 4 is 5.97 Å². The zero-order valence-electron chi connectivity index (χ0n) is 16.1. The van der Waals surface area contributed by atoms with Gasteiger partial charge in [-0.1, -0.05) is 50.8 Å². The maximum atomic E-state index is 14.3. The zero-order chi connectivity index (χ0) is 19.4. The maximum absolute atomic E-state index is 14.3. The highest BCUT2D eigenvalue weighted by Crippen LogP contribution is 2.39. The molecule has 2 N–H and O–H groups in total. The standard InChI is InChI=1S/C21H35FO4/c1-3-4-7-10-16(23)13-14-18-17(19(22)15-20(18)24)11-8-5-6-9-12-21(25)26-2/h9,12-14,16-20,23-24H,3-8,10-11,15H2,1-2H3/t16-,17+,18+,19+,20+/m0/s1. The van der Waals surface area contributed by atoms with Gasteiger partial charge in [0.2, 0.25) is 0 Å². The van der Waals surface area contributed by atoms with Gasteiger partial charge in [0.1, 0.15) is 6.17 Å². The molecule has 150 valence electrons. The molecular weight excluding hydrogens is 335 g/mol. The summed E-state index contributed by atoms with van der Waals surface area (Å²) >= 11 is 0. The van der Waals surface area contributed by atoms with Crippen LogP contribution in [-0.4, -0.2) is 41.7 Å². The molecule has 26 heavy (non-hydrogen) atoms. The molecule has 0 aromatic carbocycles. The second-order valence-corrected chi connectivity index (χ2v) is 7.22. The monoisotopic (exact) mass is 370 g/mol. The average molecular weight is 371 g/mol. The lowest BCUT2D eigenvalue weighted by molar-refractivity contribution is -0.134. The average Bonchev–Trinajstić information content (AvgIpc) is 2.89. The number of ether oxygens (including phenoxy) is 1. The lowest BCUT2D eigenvalue weighted by Gasteiger charge is -2.20. The molecule has 0 aromatic heterocycles. The molecule has 0 aliphatic heterocycles. The summed E-state index contributed by atoms with van der Waals surface area (Å²) in [6.45, 7) is 2.12. The first-order chi connectivity index (χ1) is 12.5. The van der Waals surface area contributed by atoms with E-state index in [1.165, 1.54) is 13.2 Å². The van der Waals surface area contributed by atoms with Crippen LogP contribution in [0.1, 0.15) is 64.7 Å². The third-order valence-electron chi connectivity index (χ3n) is 5.14. The number of hydrogen-bond donors (Lipinski definition) is 2. The summed E-state index contributed by atoms with van der Waals surface area (Å²) < 4.78 is 18.8. The highest BCUT2D eigenvalue weighted by molar-refractivity contribution is 5.81. The smallest absolute Gasteiger partial charge is 0.330 e. The minimum Gasteiger partial charge on any atom is -0.466 e. The van der Waals surface area contributed by atoms with E-state index < -0.39 is 18.4 Å². The van der Waals surface area contributed by atoms with Gasteiger partial charge in [-0.05, 0) is 31.6 Å². The van der Waals surface area contributed by atoms with Gasteiger partial charge in [-0.2, -0.15) is 0 Å². The Morgan fingerprint density at radius 2 is 2.08 bits per heavy atom. The van der Waals surface area contributed by atoms with Crippen LogP contribution >= 0.6 is 0 Å². The minimum absolute atomic E-state index is 0.174. The maximum Gasteiger partial charge on any atom is 0.330 e. The van der Waals surface area contributed by atoms with E-state index in [1.54, 1.807) is 12.2 Å². The van der Waals surface area contributed by atoms with Crippen molar-refractivity contribution in [1.82, 2.24) is 0 Å². The third kappa shape index (κ3) is 8.45. The van der Waals surface area contributed by atoms with E-state index in [-0.39, 0.29) is 24.2 Å². The normalized spacial score (nSPS) is 27.4. The number of alkyl halides is 1. The number of methoxy groups -OCH3 is 1. The Balaban J connectivity index is 2.41. The van der Waals surface area contributed by atoms with Crippen molar-refractivity contribution in [3.8, 4) is 0 Å². The molecule has 0 radical (unpaired) electrons. The number of allylic oxidation sites excluding steroid dienone is 1. The topological polar surface area (TPSA) is 66.8 Å². The first kappa shape index (κ1) is 22.8. The molecule has 4 nitrogen and oxygen atoms in total. The van der Waals surface area contributed by atoms with Crippen molar-refractivity contribution in [3.63, 3.8) is 0 Å². The number of carbonyl (C=O) groups excluding carboxylic acids is 1. The fourth-order valence-electron chi connectivity index (χ4n) is 3.58.